The molecule has 0 fully saturated rings. The Morgan fingerprint density at radius 3 is 2.79 bits per heavy atom. The zero-order chi connectivity index (χ0) is 13.8. The summed E-state index contributed by atoms with van der Waals surface area (Å²) in [6.45, 7) is 0.00661. The van der Waals surface area contributed by atoms with Crippen LogP contribution in [0, 0.1) is 5.82 Å². The fourth-order valence-electron chi connectivity index (χ4n) is 1.45. The van der Waals surface area contributed by atoms with Gasteiger partial charge >= 0.3 is 5.97 Å². The molecule has 0 spiro atoms. The van der Waals surface area contributed by atoms with Crippen LogP contribution in [-0.2, 0) is 6.61 Å². The smallest absolute Gasteiger partial charge is 0.338 e. The number of aromatic carboxylic acids is 1. The molecule has 98 valence electrons. The van der Waals surface area contributed by atoms with Gasteiger partial charge in [-0.15, -0.1) is 0 Å². The van der Waals surface area contributed by atoms with E-state index in [1.54, 1.807) is 24.3 Å². The second-order valence-electron chi connectivity index (χ2n) is 3.66. The van der Waals surface area contributed by atoms with Crippen LogP contribution in [0.25, 0.3) is 0 Å². The molecule has 6 heteroatoms. The van der Waals surface area contributed by atoms with Crippen molar-refractivity contribution in [2.75, 3.05) is 0 Å². The Bertz CT molecular complexity index is 619. The Balaban J connectivity index is 2.19. The summed E-state index contributed by atoms with van der Waals surface area (Å²) in [5.74, 6) is -2.73. The van der Waals surface area contributed by atoms with Gasteiger partial charge in [0.25, 0.3) is 5.88 Å². The molecule has 1 heterocycles. The summed E-state index contributed by atoms with van der Waals surface area (Å²) in [5, 5.41) is 9.26. The number of pyridine rings is 1. The second kappa shape index (κ2) is 5.67. The van der Waals surface area contributed by atoms with E-state index in [0.29, 0.717) is 10.6 Å². The van der Waals surface area contributed by atoms with Crippen LogP contribution in [0.15, 0.2) is 36.5 Å². The maximum atomic E-state index is 13.7. The van der Waals surface area contributed by atoms with Gasteiger partial charge in [0.15, 0.2) is 5.82 Å². The van der Waals surface area contributed by atoms with Crippen LogP contribution in [0.3, 0.4) is 0 Å². The van der Waals surface area contributed by atoms with Crippen LogP contribution in [0.4, 0.5) is 4.39 Å². The normalized spacial score (nSPS) is 10.2. The van der Waals surface area contributed by atoms with E-state index in [2.05, 4.69) is 4.98 Å². The molecular formula is C13H9ClFNO3. The Hall–Kier alpha value is -2.14. The zero-order valence-corrected chi connectivity index (χ0v) is 10.4. The molecule has 1 aromatic carbocycles. The van der Waals surface area contributed by atoms with Crippen molar-refractivity contribution in [2.45, 2.75) is 6.61 Å². The quantitative estimate of drug-likeness (QED) is 0.935. The Kier molecular flexibility index (Phi) is 3.97. The minimum atomic E-state index is -1.37. The summed E-state index contributed by atoms with van der Waals surface area (Å²) in [6, 6.07) is 8.00. The lowest BCUT2D eigenvalue weighted by molar-refractivity contribution is 0.0690. The fourth-order valence-corrected chi connectivity index (χ4v) is 1.64. The molecule has 0 saturated heterocycles. The summed E-state index contributed by atoms with van der Waals surface area (Å²) in [7, 11) is 0. The van der Waals surface area contributed by atoms with E-state index in [1.165, 1.54) is 6.20 Å². The van der Waals surface area contributed by atoms with Gasteiger partial charge in [-0.3, -0.25) is 0 Å². The number of halogens is 2. The summed E-state index contributed by atoms with van der Waals surface area (Å²) in [5.41, 5.74) is 0.176. The highest BCUT2D eigenvalue weighted by Crippen LogP contribution is 2.21. The number of carboxylic acids is 1. The molecule has 0 radical (unpaired) electrons. The Morgan fingerprint density at radius 1 is 1.37 bits per heavy atom. The van der Waals surface area contributed by atoms with Gasteiger partial charge in [0.05, 0.1) is 0 Å². The highest BCUT2D eigenvalue weighted by Gasteiger charge is 2.16. The van der Waals surface area contributed by atoms with Crippen LogP contribution >= 0.6 is 11.6 Å². The van der Waals surface area contributed by atoms with Crippen molar-refractivity contribution in [1.29, 1.82) is 0 Å². The van der Waals surface area contributed by atoms with Gasteiger partial charge in [-0.05, 0) is 12.1 Å². The summed E-state index contributed by atoms with van der Waals surface area (Å²) in [4.78, 5) is 14.4. The Morgan fingerprint density at radius 2 is 2.11 bits per heavy atom. The third-order valence-corrected chi connectivity index (χ3v) is 2.78. The molecule has 0 aliphatic rings. The van der Waals surface area contributed by atoms with Crippen molar-refractivity contribution in [3.8, 4) is 5.88 Å². The third kappa shape index (κ3) is 3.00. The van der Waals surface area contributed by atoms with E-state index in [9.17, 15) is 9.18 Å². The number of hydrogen-bond donors (Lipinski definition) is 1. The first kappa shape index (κ1) is 13.3. The van der Waals surface area contributed by atoms with E-state index in [0.717, 1.165) is 6.07 Å². The molecule has 2 aromatic rings. The third-order valence-electron chi connectivity index (χ3n) is 2.41. The lowest BCUT2D eigenvalue weighted by atomic mass is 10.2. The molecule has 0 unspecified atom stereocenters. The molecule has 2 rings (SSSR count). The number of carbonyl (C=O) groups is 1. The summed E-state index contributed by atoms with van der Waals surface area (Å²) in [6.07, 6.45) is 1.18. The van der Waals surface area contributed by atoms with E-state index in [-0.39, 0.29) is 12.5 Å². The number of benzene rings is 1. The highest BCUT2D eigenvalue weighted by molar-refractivity contribution is 6.31. The van der Waals surface area contributed by atoms with Crippen molar-refractivity contribution in [3.63, 3.8) is 0 Å². The minimum Gasteiger partial charge on any atom is -0.478 e. The molecule has 0 aliphatic heterocycles. The van der Waals surface area contributed by atoms with Crippen molar-refractivity contribution in [3.05, 3.63) is 58.5 Å². The van der Waals surface area contributed by atoms with Gasteiger partial charge < -0.3 is 9.84 Å². The van der Waals surface area contributed by atoms with Crippen LogP contribution in [0.2, 0.25) is 5.02 Å². The number of aromatic nitrogens is 1. The molecule has 0 amide bonds. The van der Waals surface area contributed by atoms with Gasteiger partial charge in [-0.25, -0.2) is 14.2 Å². The molecule has 4 nitrogen and oxygen atoms in total. The number of carboxylic acid groups (broad SMARTS) is 1. The predicted molar refractivity (Wildman–Crippen MR) is 66.9 cm³/mol. The maximum Gasteiger partial charge on any atom is 0.338 e. The number of hydrogen-bond acceptors (Lipinski definition) is 3. The maximum absolute atomic E-state index is 13.7. The van der Waals surface area contributed by atoms with Crippen molar-refractivity contribution in [1.82, 2.24) is 4.98 Å². The Labute approximate surface area is 113 Å². The van der Waals surface area contributed by atoms with E-state index < -0.39 is 17.3 Å². The molecule has 19 heavy (non-hydrogen) atoms. The zero-order valence-electron chi connectivity index (χ0n) is 9.64. The predicted octanol–water partition coefficient (Wildman–Crippen LogP) is 3.15. The van der Waals surface area contributed by atoms with Gasteiger partial charge in [-0.2, -0.15) is 0 Å². The fraction of sp³-hybridized carbons (Fsp3) is 0.0769. The van der Waals surface area contributed by atoms with E-state index in [4.69, 9.17) is 21.4 Å². The van der Waals surface area contributed by atoms with Gasteiger partial charge in [0.1, 0.15) is 12.2 Å². The molecule has 0 bridgehead atoms. The van der Waals surface area contributed by atoms with Crippen molar-refractivity contribution >= 4 is 17.6 Å². The standard InChI is InChI=1S/C13H9ClFNO3/c14-10-4-2-1-3-8(10)7-19-12-11(15)9(13(17)18)5-6-16-12/h1-6H,7H2,(H,17,18). The lowest BCUT2D eigenvalue weighted by Gasteiger charge is -2.08. The molecule has 1 N–H and O–H groups in total. The average Bonchev–Trinajstić information content (AvgIpc) is 2.39. The van der Waals surface area contributed by atoms with Crippen LogP contribution in [0.1, 0.15) is 15.9 Å². The monoisotopic (exact) mass is 281 g/mol. The summed E-state index contributed by atoms with van der Waals surface area (Å²) >= 11 is 5.92. The van der Waals surface area contributed by atoms with Gasteiger partial charge in [-0.1, -0.05) is 29.8 Å². The summed E-state index contributed by atoms with van der Waals surface area (Å²) < 4.78 is 18.9. The largest absolute Gasteiger partial charge is 0.478 e. The highest BCUT2D eigenvalue weighted by atomic mass is 35.5. The molecule has 0 aliphatic carbocycles. The van der Waals surface area contributed by atoms with Crippen LogP contribution < -0.4 is 4.74 Å². The first-order valence-corrected chi connectivity index (χ1v) is 5.71. The molecule has 0 saturated carbocycles. The minimum absolute atomic E-state index is 0.00661. The van der Waals surface area contributed by atoms with Crippen molar-refractivity contribution < 1.29 is 19.0 Å². The second-order valence-corrected chi connectivity index (χ2v) is 4.07. The topological polar surface area (TPSA) is 59.4 Å². The van der Waals surface area contributed by atoms with E-state index in [1.807, 2.05) is 0 Å². The number of ether oxygens (including phenoxy) is 1. The SMILES string of the molecule is O=C(O)c1ccnc(OCc2ccccc2Cl)c1F. The number of rotatable bonds is 4. The first-order chi connectivity index (χ1) is 9.09. The van der Waals surface area contributed by atoms with Crippen LogP contribution in [0.5, 0.6) is 5.88 Å². The lowest BCUT2D eigenvalue weighted by Crippen LogP contribution is -2.06. The molecule has 0 atom stereocenters. The van der Waals surface area contributed by atoms with E-state index >= 15 is 0 Å². The van der Waals surface area contributed by atoms with Gasteiger partial charge in [0, 0.05) is 16.8 Å². The number of nitrogens with zero attached hydrogens (tertiary/aromatic N) is 1. The average molecular weight is 282 g/mol. The molecular weight excluding hydrogens is 273 g/mol. The molecule has 1 aromatic heterocycles. The van der Waals surface area contributed by atoms with Gasteiger partial charge in [0.2, 0.25) is 0 Å². The van der Waals surface area contributed by atoms with Crippen molar-refractivity contribution in [2.24, 2.45) is 0 Å². The van der Waals surface area contributed by atoms with Crippen LogP contribution in [-0.4, -0.2) is 16.1 Å². The first-order valence-electron chi connectivity index (χ1n) is 5.33.